The molecule has 1 aliphatic carbocycles. The summed E-state index contributed by atoms with van der Waals surface area (Å²) in [7, 11) is 0. The normalized spacial score (nSPS) is 25.7. The van der Waals surface area contributed by atoms with Gasteiger partial charge in [0.25, 0.3) is 0 Å². The van der Waals surface area contributed by atoms with Crippen molar-refractivity contribution in [3.63, 3.8) is 0 Å². The van der Waals surface area contributed by atoms with E-state index in [1.54, 1.807) is 0 Å². The largest absolute Gasteiger partial charge is 0.370 e. The minimum atomic E-state index is -0.323. The van der Waals surface area contributed by atoms with Crippen LogP contribution in [0.1, 0.15) is 36.6 Å². The molecule has 4 nitrogen and oxygen atoms in total. The van der Waals surface area contributed by atoms with E-state index in [0.717, 1.165) is 25.5 Å². The highest BCUT2D eigenvalue weighted by atomic mass is 127. The van der Waals surface area contributed by atoms with Gasteiger partial charge < -0.3 is 15.8 Å². The third kappa shape index (κ3) is 3.90. The van der Waals surface area contributed by atoms with E-state index in [0.29, 0.717) is 12.5 Å². The summed E-state index contributed by atoms with van der Waals surface area (Å²) in [5.74, 6) is 1.33. The molecule has 3 rings (SSSR count). The minimum Gasteiger partial charge on any atom is -0.370 e. The average Bonchev–Trinajstić information content (AvgIpc) is 2.85. The Balaban J connectivity index is 0.00000161. The third-order valence-corrected chi connectivity index (χ3v) is 5.39. The van der Waals surface area contributed by atoms with Crippen LogP contribution >= 0.6 is 35.3 Å². The first-order valence-electron chi connectivity index (χ1n) is 7.42. The van der Waals surface area contributed by atoms with Gasteiger partial charge in [-0.1, -0.05) is 6.42 Å². The number of nitrogens with one attached hydrogen (secondary N) is 1. The molecule has 118 valence electrons. The van der Waals surface area contributed by atoms with E-state index in [1.165, 1.54) is 29.7 Å². The summed E-state index contributed by atoms with van der Waals surface area (Å²) >= 11 is 1.81. The molecule has 0 amide bonds. The van der Waals surface area contributed by atoms with Crippen molar-refractivity contribution < 1.29 is 4.74 Å². The van der Waals surface area contributed by atoms with Crippen LogP contribution in [0.5, 0.6) is 0 Å². The Morgan fingerprint density at radius 2 is 2.38 bits per heavy atom. The smallest absolute Gasteiger partial charge is 0.188 e. The van der Waals surface area contributed by atoms with Crippen molar-refractivity contribution in [1.29, 1.82) is 0 Å². The lowest BCUT2D eigenvalue weighted by atomic mass is 9.85. The van der Waals surface area contributed by atoms with E-state index in [9.17, 15) is 0 Å². The molecule has 0 radical (unpaired) electrons. The second-order valence-electron chi connectivity index (χ2n) is 5.97. The van der Waals surface area contributed by atoms with E-state index in [1.807, 2.05) is 11.3 Å². The highest BCUT2D eigenvalue weighted by molar-refractivity contribution is 14.0. The molecule has 1 unspecified atom stereocenters. The SMILES string of the molecule is CC1(CN=C(N)NCC2CCC2)OCCc2sccc21.I. The molecule has 1 fully saturated rings. The highest BCUT2D eigenvalue weighted by Gasteiger charge is 2.33. The van der Waals surface area contributed by atoms with E-state index in [-0.39, 0.29) is 29.6 Å². The predicted molar refractivity (Wildman–Crippen MR) is 98.6 cm³/mol. The van der Waals surface area contributed by atoms with Crippen molar-refractivity contribution in [2.75, 3.05) is 19.7 Å². The summed E-state index contributed by atoms with van der Waals surface area (Å²) in [5, 5.41) is 5.37. The van der Waals surface area contributed by atoms with Crippen LogP contribution in [0.2, 0.25) is 0 Å². The van der Waals surface area contributed by atoms with E-state index in [4.69, 9.17) is 10.5 Å². The Morgan fingerprint density at radius 3 is 3.10 bits per heavy atom. The number of thiophene rings is 1. The first-order chi connectivity index (χ1) is 9.67. The van der Waals surface area contributed by atoms with E-state index in [2.05, 4.69) is 28.7 Å². The Labute approximate surface area is 147 Å². The van der Waals surface area contributed by atoms with Gasteiger partial charge in [-0.15, -0.1) is 35.3 Å². The highest BCUT2D eigenvalue weighted by Crippen LogP contribution is 2.36. The number of nitrogens with two attached hydrogens (primary N) is 1. The lowest BCUT2D eigenvalue weighted by Crippen LogP contribution is -2.40. The summed E-state index contributed by atoms with van der Waals surface area (Å²) < 4.78 is 5.97. The number of nitrogens with zero attached hydrogens (tertiary/aromatic N) is 1. The van der Waals surface area contributed by atoms with Gasteiger partial charge in [-0.05, 0) is 42.7 Å². The van der Waals surface area contributed by atoms with Gasteiger partial charge in [0.1, 0.15) is 5.60 Å². The predicted octanol–water partition coefficient (Wildman–Crippen LogP) is 2.86. The molecule has 3 N–H and O–H groups in total. The first kappa shape index (κ1) is 17.0. The van der Waals surface area contributed by atoms with Crippen LogP contribution in [0, 0.1) is 5.92 Å². The minimum absolute atomic E-state index is 0. The van der Waals surface area contributed by atoms with Gasteiger partial charge in [-0.25, -0.2) is 0 Å². The zero-order valence-electron chi connectivity index (χ0n) is 12.4. The summed E-state index contributed by atoms with van der Waals surface area (Å²) in [4.78, 5) is 5.92. The molecule has 0 bridgehead atoms. The zero-order valence-corrected chi connectivity index (χ0v) is 15.6. The van der Waals surface area contributed by atoms with Gasteiger partial charge in [0.2, 0.25) is 0 Å². The fourth-order valence-electron chi connectivity index (χ4n) is 2.82. The second-order valence-corrected chi connectivity index (χ2v) is 6.97. The van der Waals surface area contributed by atoms with Crippen LogP contribution in [-0.4, -0.2) is 25.7 Å². The molecular formula is C15H24IN3OS. The zero-order chi connectivity index (χ0) is 14.0. The molecule has 0 saturated heterocycles. The molecular weight excluding hydrogens is 397 g/mol. The summed E-state index contributed by atoms with van der Waals surface area (Å²) in [5.41, 5.74) is 6.92. The molecule has 1 aromatic heterocycles. The Hall–Kier alpha value is -0.340. The van der Waals surface area contributed by atoms with Crippen molar-refractivity contribution >= 4 is 41.3 Å². The van der Waals surface area contributed by atoms with Crippen LogP contribution in [0.15, 0.2) is 16.4 Å². The average molecular weight is 421 g/mol. The topological polar surface area (TPSA) is 59.6 Å². The van der Waals surface area contributed by atoms with Gasteiger partial charge >= 0.3 is 0 Å². The second kappa shape index (κ2) is 7.28. The molecule has 21 heavy (non-hydrogen) atoms. The van der Waals surface area contributed by atoms with Crippen LogP contribution in [-0.2, 0) is 16.8 Å². The molecule has 2 aliphatic rings. The number of halogens is 1. The number of ether oxygens (including phenoxy) is 1. The van der Waals surface area contributed by atoms with Gasteiger partial charge in [-0.2, -0.15) is 0 Å². The van der Waals surface area contributed by atoms with E-state index < -0.39 is 0 Å². The third-order valence-electron chi connectivity index (χ3n) is 4.41. The Bertz CT molecular complexity index is 501. The summed E-state index contributed by atoms with van der Waals surface area (Å²) in [6.45, 7) is 4.42. The lowest BCUT2D eigenvalue weighted by molar-refractivity contribution is -0.0375. The fourth-order valence-corrected chi connectivity index (χ4v) is 3.80. The monoisotopic (exact) mass is 421 g/mol. The number of aliphatic imine (C=N–C) groups is 1. The van der Waals surface area contributed by atoms with Gasteiger partial charge in [-0.3, -0.25) is 4.99 Å². The maximum atomic E-state index is 5.97. The Kier molecular flexibility index (Phi) is 5.90. The van der Waals surface area contributed by atoms with Crippen molar-refractivity contribution in [2.45, 2.75) is 38.2 Å². The number of fused-ring (bicyclic) bond motifs is 1. The van der Waals surface area contributed by atoms with Gasteiger partial charge in [0, 0.05) is 17.8 Å². The number of rotatable bonds is 4. The standard InChI is InChI=1S/C15H23N3OS.HI/c1-15(12-6-8-20-13(12)5-7-19-15)10-18-14(16)17-9-11-3-2-4-11;/h6,8,11H,2-5,7,9-10H2,1H3,(H3,16,17,18);1H. The van der Waals surface area contributed by atoms with Gasteiger partial charge in [0.05, 0.1) is 13.2 Å². The van der Waals surface area contributed by atoms with E-state index >= 15 is 0 Å². The van der Waals surface area contributed by atoms with Gasteiger partial charge in [0.15, 0.2) is 5.96 Å². The quantitative estimate of drug-likeness (QED) is 0.447. The van der Waals surface area contributed by atoms with Crippen LogP contribution < -0.4 is 11.1 Å². The lowest BCUT2D eigenvalue weighted by Gasteiger charge is -2.33. The molecule has 6 heteroatoms. The maximum absolute atomic E-state index is 5.97. The van der Waals surface area contributed by atoms with Crippen LogP contribution in [0.3, 0.4) is 0 Å². The van der Waals surface area contributed by atoms with Crippen molar-refractivity contribution in [1.82, 2.24) is 5.32 Å². The number of guanidine groups is 1. The molecule has 1 aliphatic heterocycles. The number of hydrogen-bond donors (Lipinski definition) is 2. The molecule has 0 aromatic carbocycles. The van der Waals surface area contributed by atoms with Crippen molar-refractivity contribution in [2.24, 2.45) is 16.6 Å². The van der Waals surface area contributed by atoms with Crippen molar-refractivity contribution in [3.05, 3.63) is 21.9 Å². The summed E-state index contributed by atoms with van der Waals surface area (Å²) in [6, 6.07) is 2.16. The molecule has 1 saturated carbocycles. The first-order valence-corrected chi connectivity index (χ1v) is 8.30. The van der Waals surface area contributed by atoms with Crippen LogP contribution in [0.25, 0.3) is 0 Å². The summed E-state index contributed by atoms with van der Waals surface area (Å²) in [6.07, 6.45) is 5.01. The molecule has 1 aromatic rings. The number of hydrogen-bond acceptors (Lipinski definition) is 3. The molecule has 1 atom stereocenters. The van der Waals surface area contributed by atoms with Crippen molar-refractivity contribution in [3.8, 4) is 0 Å². The van der Waals surface area contributed by atoms with Crippen LogP contribution in [0.4, 0.5) is 0 Å². The maximum Gasteiger partial charge on any atom is 0.188 e. The fraction of sp³-hybridized carbons (Fsp3) is 0.667. The molecule has 2 heterocycles. The molecule has 0 spiro atoms. The Morgan fingerprint density at radius 1 is 1.57 bits per heavy atom.